The number of pyridine rings is 1. The number of nitrogens with zero attached hydrogens (tertiary/aromatic N) is 1. The van der Waals surface area contributed by atoms with Gasteiger partial charge in [0, 0.05) is 6.20 Å². The molecular formula is C12H17N3O3S. The van der Waals surface area contributed by atoms with E-state index in [1.807, 2.05) is 13.8 Å². The standard InChI is InChI=1S/C12H17N3O3S/c1-8(2)11(12(17)18)19-7-10(16)15-14-9-5-3-4-6-13-9/h3-6,8,11H,7H2,1-2H3,(H,13,14)(H,15,16)(H,17,18). The molecule has 1 amide bonds. The second-order valence-electron chi connectivity index (χ2n) is 4.20. The molecule has 1 heterocycles. The second-order valence-corrected chi connectivity index (χ2v) is 5.33. The topological polar surface area (TPSA) is 91.3 Å². The van der Waals surface area contributed by atoms with Gasteiger partial charge in [-0.1, -0.05) is 19.9 Å². The second kappa shape index (κ2) is 7.63. The maximum Gasteiger partial charge on any atom is 0.316 e. The number of aliphatic carboxylic acids is 1. The number of hydrazine groups is 1. The molecule has 0 radical (unpaired) electrons. The first-order chi connectivity index (χ1) is 9.00. The number of carboxylic acids is 1. The van der Waals surface area contributed by atoms with Gasteiger partial charge in [0.25, 0.3) is 0 Å². The van der Waals surface area contributed by atoms with Crippen molar-refractivity contribution in [1.82, 2.24) is 10.4 Å². The average molecular weight is 283 g/mol. The highest BCUT2D eigenvalue weighted by Gasteiger charge is 2.22. The van der Waals surface area contributed by atoms with Gasteiger partial charge in [-0.2, -0.15) is 0 Å². The summed E-state index contributed by atoms with van der Waals surface area (Å²) in [6.45, 7) is 3.63. The van der Waals surface area contributed by atoms with E-state index in [1.165, 1.54) is 0 Å². The number of amides is 1. The first-order valence-electron chi connectivity index (χ1n) is 5.81. The molecule has 1 aromatic heterocycles. The third kappa shape index (κ3) is 5.60. The largest absolute Gasteiger partial charge is 0.480 e. The smallest absolute Gasteiger partial charge is 0.316 e. The zero-order chi connectivity index (χ0) is 14.3. The van der Waals surface area contributed by atoms with E-state index in [-0.39, 0.29) is 17.6 Å². The predicted octanol–water partition coefficient (Wildman–Crippen LogP) is 1.37. The zero-order valence-electron chi connectivity index (χ0n) is 10.8. The fourth-order valence-electron chi connectivity index (χ4n) is 1.32. The number of nitrogens with one attached hydrogen (secondary N) is 2. The first kappa shape index (κ1) is 15.3. The summed E-state index contributed by atoms with van der Waals surface area (Å²) < 4.78 is 0. The van der Waals surface area contributed by atoms with Crippen LogP contribution in [0.3, 0.4) is 0 Å². The molecule has 0 aliphatic rings. The van der Waals surface area contributed by atoms with Crippen molar-refractivity contribution < 1.29 is 14.7 Å². The minimum Gasteiger partial charge on any atom is -0.480 e. The molecule has 0 aromatic carbocycles. The molecule has 0 spiro atoms. The fourth-order valence-corrected chi connectivity index (χ4v) is 2.25. The predicted molar refractivity (Wildman–Crippen MR) is 74.7 cm³/mol. The number of carbonyl (C=O) groups is 2. The van der Waals surface area contributed by atoms with Crippen LogP contribution in [-0.4, -0.2) is 33.0 Å². The maximum absolute atomic E-state index is 11.6. The molecule has 3 N–H and O–H groups in total. The minimum absolute atomic E-state index is 0.0287. The van der Waals surface area contributed by atoms with Crippen molar-refractivity contribution in [1.29, 1.82) is 0 Å². The number of carbonyl (C=O) groups excluding carboxylic acids is 1. The quantitative estimate of drug-likeness (QED) is 0.655. The van der Waals surface area contributed by atoms with Gasteiger partial charge in [0.1, 0.15) is 11.1 Å². The number of aromatic nitrogens is 1. The van der Waals surface area contributed by atoms with Crippen LogP contribution in [0.5, 0.6) is 0 Å². The molecule has 0 saturated heterocycles. The van der Waals surface area contributed by atoms with Crippen molar-refractivity contribution in [2.45, 2.75) is 19.1 Å². The molecule has 19 heavy (non-hydrogen) atoms. The Labute approximate surface area is 116 Å². The molecular weight excluding hydrogens is 266 g/mol. The van der Waals surface area contributed by atoms with Gasteiger partial charge in [-0.05, 0) is 18.1 Å². The van der Waals surface area contributed by atoms with Gasteiger partial charge in [0.05, 0.1) is 5.75 Å². The van der Waals surface area contributed by atoms with Gasteiger partial charge >= 0.3 is 5.97 Å². The van der Waals surface area contributed by atoms with Crippen LogP contribution in [0.1, 0.15) is 13.8 Å². The number of hydrogen-bond donors (Lipinski definition) is 3. The normalized spacial score (nSPS) is 11.9. The summed E-state index contributed by atoms with van der Waals surface area (Å²) in [5, 5.41) is 8.40. The molecule has 1 atom stereocenters. The molecule has 7 heteroatoms. The lowest BCUT2D eigenvalue weighted by atomic mass is 10.1. The van der Waals surface area contributed by atoms with E-state index >= 15 is 0 Å². The summed E-state index contributed by atoms with van der Waals surface area (Å²) in [6, 6.07) is 5.26. The molecule has 1 unspecified atom stereocenters. The summed E-state index contributed by atoms with van der Waals surface area (Å²) in [4.78, 5) is 26.5. The van der Waals surface area contributed by atoms with Crippen LogP contribution < -0.4 is 10.9 Å². The van der Waals surface area contributed by atoms with Gasteiger partial charge in [0.15, 0.2) is 0 Å². The SMILES string of the molecule is CC(C)C(SCC(=O)NNc1ccccn1)C(=O)O. The Balaban J connectivity index is 2.33. The highest BCUT2D eigenvalue weighted by molar-refractivity contribution is 8.01. The highest BCUT2D eigenvalue weighted by Crippen LogP contribution is 2.19. The minimum atomic E-state index is -0.898. The molecule has 0 fully saturated rings. The lowest BCUT2D eigenvalue weighted by Crippen LogP contribution is -2.33. The molecule has 6 nitrogen and oxygen atoms in total. The number of rotatable bonds is 7. The monoisotopic (exact) mass is 283 g/mol. The van der Waals surface area contributed by atoms with E-state index in [0.29, 0.717) is 5.82 Å². The lowest BCUT2D eigenvalue weighted by molar-refractivity contribution is -0.137. The Bertz CT molecular complexity index is 425. The summed E-state index contributed by atoms with van der Waals surface area (Å²) in [7, 11) is 0. The van der Waals surface area contributed by atoms with E-state index in [1.54, 1.807) is 24.4 Å². The van der Waals surface area contributed by atoms with Crippen molar-refractivity contribution in [3.63, 3.8) is 0 Å². The summed E-state index contributed by atoms with van der Waals surface area (Å²) >= 11 is 1.11. The summed E-state index contributed by atoms with van der Waals surface area (Å²) in [5.74, 6) is -0.610. The van der Waals surface area contributed by atoms with Gasteiger partial charge in [0.2, 0.25) is 5.91 Å². The number of hydrogen-bond acceptors (Lipinski definition) is 5. The van der Waals surface area contributed by atoms with Crippen LogP contribution in [0.25, 0.3) is 0 Å². The Morgan fingerprint density at radius 3 is 2.68 bits per heavy atom. The average Bonchev–Trinajstić information content (AvgIpc) is 2.37. The highest BCUT2D eigenvalue weighted by atomic mass is 32.2. The third-order valence-electron chi connectivity index (χ3n) is 2.24. The Morgan fingerprint density at radius 1 is 1.42 bits per heavy atom. The number of carboxylic acid groups (broad SMARTS) is 1. The van der Waals surface area contributed by atoms with Crippen LogP contribution in [-0.2, 0) is 9.59 Å². The van der Waals surface area contributed by atoms with E-state index in [9.17, 15) is 9.59 Å². The molecule has 0 bridgehead atoms. The van der Waals surface area contributed by atoms with Crippen LogP contribution in [0.2, 0.25) is 0 Å². The Kier molecular flexibility index (Phi) is 6.14. The van der Waals surface area contributed by atoms with E-state index in [4.69, 9.17) is 5.11 Å². The van der Waals surface area contributed by atoms with Gasteiger partial charge in [-0.3, -0.25) is 20.4 Å². The van der Waals surface area contributed by atoms with Crippen molar-refractivity contribution in [3.8, 4) is 0 Å². The van der Waals surface area contributed by atoms with Gasteiger partial charge in [-0.15, -0.1) is 11.8 Å². The molecule has 0 aliphatic heterocycles. The Morgan fingerprint density at radius 2 is 2.16 bits per heavy atom. The summed E-state index contributed by atoms with van der Waals surface area (Å²) in [5.41, 5.74) is 5.12. The molecule has 0 aliphatic carbocycles. The summed E-state index contributed by atoms with van der Waals surface area (Å²) in [6.07, 6.45) is 1.60. The van der Waals surface area contributed by atoms with E-state index < -0.39 is 11.2 Å². The first-order valence-corrected chi connectivity index (χ1v) is 6.86. The van der Waals surface area contributed by atoms with Crippen LogP contribution >= 0.6 is 11.8 Å². The van der Waals surface area contributed by atoms with Crippen molar-refractivity contribution in [3.05, 3.63) is 24.4 Å². The van der Waals surface area contributed by atoms with Gasteiger partial charge in [-0.25, -0.2) is 4.98 Å². The molecule has 0 saturated carbocycles. The molecule has 104 valence electrons. The number of anilines is 1. The lowest BCUT2D eigenvalue weighted by Gasteiger charge is -2.15. The van der Waals surface area contributed by atoms with Crippen molar-refractivity contribution >= 4 is 29.5 Å². The molecule has 1 aromatic rings. The van der Waals surface area contributed by atoms with Crippen LogP contribution in [0.4, 0.5) is 5.82 Å². The van der Waals surface area contributed by atoms with E-state index in [2.05, 4.69) is 15.8 Å². The third-order valence-corrected chi connectivity index (χ3v) is 3.77. The van der Waals surface area contributed by atoms with E-state index in [0.717, 1.165) is 11.8 Å². The van der Waals surface area contributed by atoms with Crippen molar-refractivity contribution in [2.75, 3.05) is 11.2 Å². The van der Waals surface area contributed by atoms with Crippen LogP contribution in [0, 0.1) is 5.92 Å². The molecule has 1 rings (SSSR count). The fraction of sp³-hybridized carbons (Fsp3) is 0.417. The Hall–Kier alpha value is -1.76. The van der Waals surface area contributed by atoms with Gasteiger partial charge < -0.3 is 5.11 Å². The number of thioether (sulfide) groups is 1. The van der Waals surface area contributed by atoms with Crippen molar-refractivity contribution in [2.24, 2.45) is 5.92 Å². The zero-order valence-corrected chi connectivity index (χ0v) is 11.6. The van der Waals surface area contributed by atoms with Crippen LogP contribution in [0.15, 0.2) is 24.4 Å². The maximum atomic E-state index is 11.6.